The second kappa shape index (κ2) is 3.76. The van der Waals surface area contributed by atoms with Crippen LogP contribution in [0.15, 0.2) is 48.8 Å². The smallest absolute Gasteiger partial charge is 0.200 e. The number of rotatable bonds is 1. The van der Waals surface area contributed by atoms with Crippen LogP contribution in [0.3, 0.4) is 0 Å². The van der Waals surface area contributed by atoms with Gasteiger partial charge in [-0.05, 0) is 12.1 Å². The Morgan fingerprint density at radius 1 is 1.07 bits per heavy atom. The Hall–Kier alpha value is -1.41. The SMILES string of the molecule is Fc1ccc[n+](-c2ccccc2Cl)c1. The molecule has 0 fully saturated rings. The van der Waals surface area contributed by atoms with Crippen molar-refractivity contribution in [1.29, 1.82) is 0 Å². The molecule has 0 spiro atoms. The fraction of sp³-hybridized carbons (Fsp3) is 0. The van der Waals surface area contributed by atoms with E-state index in [0.717, 1.165) is 5.69 Å². The van der Waals surface area contributed by atoms with Gasteiger partial charge >= 0.3 is 0 Å². The molecule has 1 aromatic heterocycles. The summed E-state index contributed by atoms with van der Waals surface area (Å²) in [7, 11) is 0. The van der Waals surface area contributed by atoms with E-state index in [1.807, 2.05) is 18.2 Å². The van der Waals surface area contributed by atoms with Gasteiger partial charge in [0.25, 0.3) is 0 Å². The van der Waals surface area contributed by atoms with E-state index in [4.69, 9.17) is 11.6 Å². The molecule has 1 heterocycles. The molecule has 2 aromatic rings. The molecule has 0 saturated heterocycles. The molecule has 1 aromatic carbocycles. The Kier molecular flexibility index (Phi) is 2.46. The summed E-state index contributed by atoms with van der Waals surface area (Å²) < 4.78 is 14.6. The van der Waals surface area contributed by atoms with Crippen LogP contribution >= 0.6 is 11.6 Å². The molecule has 0 aliphatic carbocycles. The molecule has 0 N–H and O–H groups in total. The molecule has 0 saturated carbocycles. The predicted molar refractivity (Wildman–Crippen MR) is 52.9 cm³/mol. The molecule has 0 aliphatic heterocycles. The first-order valence-corrected chi connectivity index (χ1v) is 4.57. The molecule has 0 atom stereocenters. The zero-order chi connectivity index (χ0) is 9.97. The van der Waals surface area contributed by atoms with Crippen LogP contribution in [0, 0.1) is 5.82 Å². The van der Waals surface area contributed by atoms with E-state index in [1.54, 1.807) is 22.9 Å². The van der Waals surface area contributed by atoms with Crippen molar-refractivity contribution in [2.75, 3.05) is 0 Å². The van der Waals surface area contributed by atoms with Crippen LogP contribution < -0.4 is 4.57 Å². The fourth-order valence-corrected chi connectivity index (χ4v) is 1.49. The maximum Gasteiger partial charge on any atom is 0.229 e. The molecule has 0 bridgehead atoms. The molecule has 1 nitrogen and oxygen atoms in total. The van der Waals surface area contributed by atoms with Crippen molar-refractivity contribution in [3.05, 3.63) is 59.6 Å². The maximum absolute atomic E-state index is 12.9. The summed E-state index contributed by atoms with van der Waals surface area (Å²) in [4.78, 5) is 0. The molecule has 0 amide bonds. The van der Waals surface area contributed by atoms with Crippen LogP contribution in [0.5, 0.6) is 0 Å². The molecule has 70 valence electrons. The maximum atomic E-state index is 12.9. The quantitative estimate of drug-likeness (QED) is 0.635. The monoisotopic (exact) mass is 208 g/mol. The van der Waals surface area contributed by atoms with Crippen LogP contribution in [0.1, 0.15) is 0 Å². The number of benzene rings is 1. The van der Waals surface area contributed by atoms with Crippen molar-refractivity contribution in [2.45, 2.75) is 0 Å². The van der Waals surface area contributed by atoms with Gasteiger partial charge in [0.1, 0.15) is 5.02 Å². The standard InChI is InChI=1S/C11H8ClFN/c12-10-5-1-2-6-11(10)14-7-3-4-9(13)8-14/h1-8H/q+1. The van der Waals surface area contributed by atoms with Crippen molar-refractivity contribution in [3.8, 4) is 5.69 Å². The molecular weight excluding hydrogens is 201 g/mol. The minimum absolute atomic E-state index is 0.285. The Morgan fingerprint density at radius 2 is 1.86 bits per heavy atom. The number of pyridine rings is 1. The normalized spacial score (nSPS) is 10.1. The summed E-state index contributed by atoms with van der Waals surface area (Å²) in [5.74, 6) is -0.285. The fourth-order valence-electron chi connectivity index (χ4n) is 1.26. The third kappa shape index (κ3) is 1.75. The van der Waals surface area contributed by atoms with Crippen LogP contribution in [-0.4, -0.2) is 0 Å². The molecular formula is C11H8ClFN+. The topological polar surface area (TPSA) is 3.88 Å². The second-order valence-corrected chi connectivity index (χ2v) is 3.29. The summed E-state index contributed by atoms with van der Waals surface area (Å²) in [6.45, 7) is 0. The zero-order valence-corrected chi connectivity index (χ0v) is 8.08. The van der Waals surface area contributed by atoms with Gasteiger partial charge in [-0.1, -0.05) is 23.7 Å². The predicted octanol–water partition coefficient (Wildman–Crippen LogP) is 2.76. The Balaban J connectivity index is 2.55. The van der Waals surface area contributed by atoms with Gasteiger partial charge in [0.2, 0.25) is 11.9 Å². The lowest BCUT2D eigenvalue weighted by molar-refractivity contribution is -0.597. The highest BCUT2D eigenvalue weighted by atomic mass is 35.5. The van der Waals surface area contributed by atoms with E-state index >= 15 is 0 Å². The third-order valence-electron chi connectivity index (χ3n) is 1.90. The first kappa shape index (κ1) is 9.16. The van der Waals surface area contributed by atoms with Gasteiger partial charge in [-0.15, -0.1) is 0 Å². The summed E-state index contributed by atoms with van der Waals surface area (Å²) in [5, 5.41) is 0.600. The number of hydrogen-bond acceptors (Lipinski definition) is 0. The Bertz CT molecular complexity index is 457. The van der Waals surface area contributed by atoms with Crippen LogP contribution in [0.2, 0.25) is 5.02 Å². The van der Waals surface area contributed by atoms with Crippen molar-refractivity contribution in [3.63, 3.8) is 0 Å². The Labute approximate surface area is 86.4 Å². The number of hydrogen-bond donors (Lipinski definition) is 0. The van der Waals surface area contributed by atoms with Crippen LogP contribution in [0.4, 0.5) is 4.39 Å². The average Bonchev–Trinajstić information content (AvgIpc) is 2.18. The minimum Gasteiger partial charge on any atom is -0.200 e. The molecule has 3 heteroatoms. The van der Waals surface area contributed by atoms with E-state index in [9.17, 15) is 4.39 Å². The first-order valence-electron chi connectivity index (χ1n) is 4.19. The highest BCUT2D eigenvalue weighted by Crippen LogP contribution is 2.14. The molecule has 2 rings (SSSR count). The van der Waals surface area contributed by atoms with Gasteiger partial charge in [0.15, 0.2) is 12.0 Å². The largest absolute Gasteiger partial charge is 0.229 e. The second-order valence-electron chi connectivity index (χ2n) is 2.88. The van der Waals surface area contributed by atoms with Crippen LogP contribution in [-0.2, 0) is 0 Å². The molecule has 14 heavy (non-hydrogen) atoms. The number of aromatic nitrogens is 1. The van der Waals surface area contributed by atoms with Crippen molar-refractivity contribution in [2.24, 2.45) is 0 Å². The van der Waals surface area contributed by atoms with Gasteiger partial charge in [0, 0.05) is 12.1 Å². The van der Waals surface area contributed by atoms with E-state index in [1.165, 1.54) is 12.3 Å². The van der Waals surface area contributed by atoms with Gasteiger partial charge in [-0.25, -0.2) is 4.39 Å². The molecule has 0 radical (unpaired) electrons. The van der Waals surface area contributed by atoms with Gasteiger partial charge in [-0.3, -0.25) is 0 Å². The zero-order valence-electron chi connectivity index (χ0n) is 7.32. The van der Waals surface area contributed by atoms with Crippen molar-refractivity contribution in [1.82, 2.24) is 0 Å². The summed E-state index contributed by atoms with van der Waals surface area (Å²) in [6.07, 6.45) is 3.14. The number of nitrogens with zero attached hydrogens (tertiary/aromatic N) is 1. The first-order chi connectivity index (χ1) is 6.77. The highest BCUT2D eigenvalue weighted by molar-refractivity contribution is 6.32. The summed E-state index contributed by atoms with van der Waals surface area (Å²) in [6, 6.07) is 10.3. The van der Waals surface area contributed by atoms with Gasteiger partial charge < -0.3 is 0 Å². The van der Waals surface area contributed by atoms with E-state index in [-0.39, 0.29) is 5.82 Å². The minimum atomic E-state index is -0.285. The lowest BCUT2D eigenvalue weighted by Crippen LogP contribution is -2.30. The summed E-state index contributed by atoms with van der Waals surface area (Å²) in [5.41, 5.74) is 0.772. The third-order valence-corrected chi connectivity index (χ3v) is 2.21. The summed E-state index contributed by atoms with van der Waals surface area (Å²) >= 11 is 5.97. The van der Waals surface area contributed by atoms with Gasteiger partial charge in [-0.2, -0.15) is 4.57 Å². The van der Waals surface area contributed by atoms with E-state index < -0.39 is 0 Å². The van der Waals surface area contributed by atoms with Crippen LogP contribution in [0.25, 0.3) is 5.69 Å². The Morgan fingerprint density at radius 3 is 2.57 bits per heavy atom. The number of para-hydroxylation sites is 1. The molecule has 0 aliphatic rings. The number of halogens is 2. The molecule has 0 unspecified atom stereocenters. The highest BCUT2D eigenvalue weighted by Gasteiger charge is 2.10. The van der Waals surface area contributed by atoms with E-state index in [2.05, 4.69) is 0 Å². The van der Waals surface area contributed by atoms with Crippen molar-refractivity contribution >= 4 is 11.6 Å². The lowest BCUT2D eigenvalue weighted by atomic mass is 10.3. The average molecular weight is 209 g/mol. The van der Waals surface area contributed by atoms with E-state index in [0.29, 0.717) is 5.02 Å². The lowest BCUT2D eigenvalue weighted by Gasteiger charge is -1.96. The van der Waals surface area contributed by atoms with Crippen molar-refractivity contribution < 1.29 is 8.96 Å². The van der Waals surface area contributed by atoms with Gasteiger partial charge in [0.05, 0.1) is 0 Å².